The maximum Gasteiger partial charge on any atom is 0.315 e. The van der Waals surface area contributed by atoms with E-state index in [1.807, 2.05) is 0 Å². The number of carbonyl (C=O) groups is 2. The minimum Gasteiger partial charge on any atom is -0.481 e. The predicted molar refractivity (Wildman–Crippen MR) is 67.1 cm³/mol. The minimum absolute atomic E-state index is 0.367. The molecule has 3 unspecified atom stereocenters. The number of carboxylic acid groups (broad SMARTS) is 1. The highest BCUT2D eigenvalue weighted by molar-refractivity contribution is 5.96. The zero-order valence-electron chi connectivity index (χ0n) is 11.1. The maximum atomic E-state index is 11.6. The maximum absolute atomic E-state index is 11.6. The van der Waals surface area contributed by atoms with Gasteiger partial charge in [-0.15, -0.1) is 0 Å². The summed E-state index contributed by atoms with van der Waals surface area (Å²) in [4.78, 5) is 24.7. The molecule has 0 saturated carbocycles. The molecule has 2 N–H and O–H groups in total. The number of rotatable bonds is 4. The van der Waals surface area contributed by atoms with Crippen molar-refractivity contribution in [2.45, 2.75) is 44.7 Å². The van der Waals surface area contributed by atoms with Gasteiger partial charge in [0.05, 0.1) is 0 Å². The summed E-state index contributed by atoms with van der Waals surface area (Å²) in [5.74, 6) is -1.87. The Bertz CT molecular complexity index is 331. The summed E-state index contributed by atoms with van der Waals surface area (Å²) < 4.78 is 0. The minimum atomic E-state index is -1.06. The summed E-state index contributed by atoms with van der Waals surface area (Å²) in [7, 11) is 2.18. The van der Waals surface area contributed by atoms with Crippen LogP contribution in [0.2, 0.25) is 0 Å². The normalized spacial score (nSPS) is 33.1. The number of nitrogens with zero attached hydrogens (tertiary/aromatic N) is 1. The summed E-state index contributed by atoms with van der Waals surface area (Å²) in [6, 6.07) is 1.31. The van der Waals surface area contributed by atoms with Crippen LogP contribution in [0.3, 0.4) is 0 Å². The molecule has 3 atom stereocenters. The number of piperidine rings is 1. The van der Waals surface area contributed by atoms with Gasteiger partial charge in [0.25, 0.3) is 0 Å². The van der Waals surface area contributed by atoms with Crippen molar-refractivity contribution >= 4 is 11.9 Å². The molecule has 18 heavy (non-hydrogen) atoms. The molecule has 2 saturated heterocycles. The Morgan fingerprint density at radius 3 is 2.39 bits per heavy atom. The molecule has 2 heterocycles. The molecule has 2 fully saturated rings. The summed E-state index contributed by atoms with van der Waals surface area (Å²) >= 11 is 0. The smallest absolute Gasteiger partial charge is 0.315 e. The lowest BCUT2D eigenvalue weighted by Crippen LogP contribution is -2.44. The van der Waals surface area contributed by atoms with E-state index in [1.54, 1.807) is 0 Å². The summed E-state index contributed by atoms with van der Waals surface area (Å²) in [6.07, 6.45) is 4.76. The van der Waals surface area contributed by atoms with E-state index in [4.69, 9.17) is 5.11 Å². The Kier molecular flexibility index (Phi) is 3.90. The van der Waals surface area contributed by atoms with Crippen LogP contribution in [0.15, 0.2) is 0 Å². The second kappa shape index (κ2) is 5.26. The Labute approximate surface area is 108 Å². The average Bonchev–Trinajstić information content (AvgIpc) is 2.56. The number of carbonyl (C=O) groups excluding carboxylic acids is 1. The van der Waals surface area contributed by atoms with Crippen LogP contribution in [0.4, 0.5) is 0 Å². The van der Waals surface area contributed by atoms with Gasteiger partial charge < -0.3 is 15.3 Å². The number of nitrogens with one attached hydrogen (secondary N) is 1. The van der Waals surface area contributed by atoms with Crippen LogP contribution in [0, 0.1) is 11.8 Å². The van der Waals surface area contributed by atoms with Crippen LogP contribution in [-0.4, -0.2) is 47.6 Å². The highest BCUT2D eigenvalue weighted by Crippen LogP contribution is 2.36. The van der Waals surface area contributed by atoms with Gasteiger partial charge in [-0.2, -0.15) is 0 Å². The number of hydrogen-bond acceptors (Lipinski definition) is 3. The first kappa shape index (κ1) is 13.3. The van der Waals surface area contributed by atoms with E-state index in [2.05, 4.69) is 17.3 Å². The van der Waals surface area contributed by atoms with Crippen LogP contribution in [0.1, 0.15) is 32.6 Å². The van der Waals surface area contributed by atoms with E-state index in [-0.39, 0.29) is 5.91 Å². The molecule has 1 amide bonds. The van der Waals surface area contributed by atoms with Gasteiger partial charge in [-0.1, -0.05) is 0 Å². The number of carboxylic acids is 1. The van der Waals surface area contributed by atoms with Crippen molar-refractivity contribution in [3.8, 4) is 0 Å². The molecule has 5 heteroatoms. The molecule has 0 aliphatic carbocycles. The Morgan fingerprint density at radius 1 is 1.33 bits per heavy atom. The molecule has 0 aromatic carbocycles. The van der Waals surface area contributed by atoms with Gasteiger partial charge in [0.1, 0.15) is 5.92 Å². The molecule has 0 aromatic heterocycles. The quantitative estimate of drug-likeness (QED) is 0.724. The van der Waals surface area contributed by atoms with Crippen molar-refractivity contribution in [2.75, 3.05) is 13.6 Å². The first-order valence-corrected chi connectivity index (χ1v) is 6.71. The van der Waals surface area contributed by atoms with Gasteiger partial charge in [0, 0.05) is 18.6 Å². The molecule has 2 aliphatic rings. The average molecular weight is 254 g/mol. The molecule has 0 aromatic rings. The lowest BCUT2D eigenvalue weighted by Gasteiger charge is -2.36. The lowest BCUT2D eigenvalue weighted by atomic mass is 9.91. The monoisotopic (exact) mass is 254 g/mol. The zero-order valence-corrected chi connectivity index (χ0v) is 11.1. The van der Waals surface area contributed by atoms with Crippen molar-refractivity contribution in [1.29, 1.82) is 0 Å². The van der Waals surface area contributed by atoms with Gasteiger partial charge in [-0.25, -0.2) is 0 Å². The highest BCUT2D eigenvalue weighted by atomic mass is 16.4. The standard InChI is InChI=1S/C13H22N2O3/c1-8(13(17)18)12(16)14-7-9-5-10-3-4-11(6-9)15(10)2/h8-11H,3-7H2,1-2H3,(H,14,16)(H,17,18). The van der Waals surface area contributed by atoms with Crippen LogP contribution in [0.5, 0.6) is 0 Å². The van der Waals surface area contributed by atoms with Crippen molar-refractivity contribution in [2.24, 2.45) is 11.8 Å². The second-order valence-corrected chi connectivity index (χ2v) is 5.69. The lowest BCUT2D eigenvalue weighted by molar-refractivity contribution is -0.146. The third kappa shape index (κ3) is 2.66. The van der Waals surface area contributed by atoms with Crippen molar-refractivity contribution < 1.29 is 14.7 Å². The molecule has 0 radical (unpaired) electrons. The van der Waals surface area contributed by atoms with Gasteiger partial charge in [0.2, 0.25) is 5.91 Å². The van der Waals surface area contributed by atoms with E-state index in [0.717, 1.165) is 12.8 Å². The zero-order chi connectivity index (χ0) is 13.3. The number of amides is 1. The van der Waals surface area contributed by atoms with Crippen LogP contribution < -0.4 is 5.32 Å². The molecule has 2 aliphatic heterocycles. The molecule has 5 nitrogen and oxygen atoms in total. The Balaban J connectivity index is 1.78. The van der Waals surface area contributed by atoms with Gasteiger partial charge >= 0.3 is 5.97 Å². The first-order valence-electron chi connectivity index (χ1n) is 6.71. The van der Waals surface area contributed by atoms with Crippen LogP contribution in [-0.2, 0) is 9.59 Å². The fourth-order valence-corrected chi connectivity index (χ4v) is 3.20. The first-order chi connectivity index (χ1) is 8.49. The van der Waals surface area contributed by atoms with E-state index < -0.39 is 11.9 Å². The second-order valence-electron chi connectivity index (χ2n) is 5.69. The predicted octanol–water partition coefficient (Wildman–Crippen LogP) is 0.696. The summed E-state index contributed by atoms with van der Waals surface area (Å²) in [5.41, 5.74) is 0. The van der Waals surface area contributed by atoms with Crippen LogP contribution >= 0.6 is 0 Å². The Hall–Kier alpha value is -1.10. The fraction of sp³-hybridized carbons (Fsp3) is 0.846. The topological polar surface area (TPSA) is 69.6 Å². The Morgan fingerprint density at radius 2 is 1.89 bits per heavy atom. The van der Waals surface area contributed by atoms with Gasteiger partial charge in [-0.3, -0.25) is 9.59 Å². The summed E-state index contributed by atoms with van der Waals surface area (Å²) in [5, 5.41) is 11.5. The third-order valence-corrected chi connectivity index (χ3v) is 4.52. The highest BCUT2D eigenvalue weighted by Gasteiger charge is 2.38. The molecule has 2 rings (SSSR count). The van der Waals surface area contributed by atoms with E-state index in [9.17, 15) is 9.59 Å². The molecule has 102 valence electrons. The molecular weight excluding hydrogens is 232 g/mol. The number of fused-ring (bicyclic) bond motifs is 2. The van der Waals surface area contributed by atoms with Crippen molar-refractivity contribution in [3.05, 3.63) is 0 Å². The van der Waals surface area contributed by atoms with Gasteiger partial charge in [0.15, 0.2) is 0 Å². The fourth-order valence-electron chi connectivity index (χ4n) is 3.20. The van der Waals surface area contributed by atoms with Crippen molar-refractivity contribution in [3.63, 3.8) is 0 Å². The van der Waals surface area contributed by atoms with Gasteiger partial charge in [-0.05, 0) is 45.6 Å². The largest absolute Gasteiger partial charge is 0.481 e. The third-order valence-electron chi connectivity index (χ3n) is 4.52. The van der Waals surface area contributed by atoms with E-state index in [0.29, 0.717) is 24.5 Å². The molecule has 0 spiro atoms. The number of aliphatic carboxylic acids is 1. The van der Waals surface area contributed by atoms with E-state index in [1.165, 1.54) is 19.8 Å². The molecular formula is C13H22N2O3. The van der Waals surface area contributed by atoms with E-state index >= 15 is 0 Å². The number of hydrogen-bond donors (Lipinski definition) is 2. The SMILES string of the molecule is CC(C(=O)O)C(=O)NCC1CC2CCC(C1)N2C. The van der Waals surface area contributed by atoms with Crippen LogP contribution in [0.25, 0.3) is 0 Å². The van der Waals surface area contributed by atoms with Crippen molar-refractivity contribution in [1.82, 2.24) is 10.2 Å². The summed E-state index contributed by atoms with van der Waals surface area (Å²) in [6.45, 7) is 2.05. The molecule has 2 bridgehead atoms.